The minimum atomic E-state index is -1.89. The molecule has 0 aliphatic carbocycles. The zero-order chi connectivity index (χ0) is 57.7. The monoisotopic (exact) mass is 1080 g/mol. The van der Waals surface area contributed by atoms with Crippen molar-refractivity contribution >= 4 is 71.0 Å². The van der Waals surface area contributed by atoms with Crippen LogP contribution in [-0.2, 0) is 64.0 Å². The summed E-state index contributed by atoms with van der Waals surface area (Å²) in [5, 5.41) is 48.9. The molecule has 25 nitrogen and oxygen atoms in total. The van der Waals surface area contributed by atoms with Crippen molar-refractivity contribution in [3.63, 3.8) is 0 Å². The van der Waals surface area contributed by atoms with E-state index in [0.29, 0.717) is 10.5 Å². The lowest BCUT2D eigenvalue weighted by molar-refractivity contribution is -0.146. The summed E-state index contributed by atoms with van der Waals surface area (Å²) in [4.78, 5) is 158. The van der Waals surface area contributed by atoms with Gasteiger partial charge in [-0.1, -0.05) is 88.4 Å². The Balaban J connectivity index is 1.80. The highest BCUT2D eigenvalue weighted by Crippen LogP contribution is 2.23. The fourth-order valence-corrected chi connectivity index (χ4v) is 8.28. The third-order valence-electron chi connectivity index (χ3n) is 12.0. The third-order valence-corrected chi connectivity index (χ3v) is 12.0. The number of carboxylic acid groups (broad SMARTS) is 2. The van der Waals surface area contributed by atoms with Crippen molar-refractivity contribution in [2.45, 2.75) is 147 Å². The Morgan fingerprint density at radius 1 is 0.649 bits per heavy atom. The van der Waals surface area contributed by atoms with Crippen LogP contribution in [0.25, 0.3) is 0 Å². The van der Waals surface area contributed by atoms with Gasteiger partial charge in [-0.15, -0.1) is 0 Å². The lowest BCUT2D eigenvalue weighted by atomic mass is 10.0. The third kappa shape index (κ3) is 21.3. The van der Waals surface area contributed by atoms with E-state index >= 15 is 4.39 Å². The fraction of sp³-hybridized carbons (Fsp3) is 0.529. The second-order valence-electron chi connectivity index (χ2n) is 19.6. The van der Waals surface area contributed by atoms with E-state index in [2.05, 4.69) is 42.5 Å². The van der Waals surface area contributed by atoms with Crippen LogP contribution < -0.4 is 48.3 Å². The van der Waals surface area contributed by atoms with Gasteiger partial charge in [-0.3, -0.25) is 57.5 Å². The molecule has 0 spiro atoms. The summed E-state index contributed by atoms with van der Waals surface area (Å²) in [6, 6.07) is 4.07. The molecule has 26 heteroatoms. The molecule has 0 radical (unpaired) electrons. The molecule has 1 aliphatic rings. The van der Waals surface area contributed by atoms with E-state index in [1.165, 1.54) is 12.1 Å². The standard InChI is InChI=1S/C51H71FN10O15/c1-26(2)19-34(44(53)70)57-47(73)36(21-30-13-9-7-10-14-30)58-50(76)43(31-15-11-8-12-16-31)60-39(65)24-54-49(75)42(28(5)63)61-45(71)33(17-18-40(66)67)56-48(74)38-22-32(52)25-62(38)51(77)37(23-41(68)69)59-46(72)35(20-27(3)4)55-29(6)64/h7-16,26-28,32-38,42-43,63H,17-25H2,1-6H3,(H2,53,70)(H,54,75)(H,55,64)(H,56,74)(H,57,73)(H,58,76)(H,59,72)(H,60,65)(H,61,71)(H,66,67)(H,68,69)/t28-,32+,33+,34+,35+,36+,37+,38+,42+,43+/m1/s1. The zero-order valence-corrected chi connectivity index (χ0v) is 43.7. The molecule has 77 heavy (non-hydrogen) atoms. The molecule has 1 heterocycles. The van der Waals surface area contributed by atoms with Gasteiger partial charge in [0.05, 0.1) is 25.6 Å². The minimum Gasteiger partial charge on any atom is -0.481 e. The second kappa shape index (κ2) is 30.5. The first kappa shape index (κ1) is 63.3. The van der Waals surface area contributed by atoms with Crippen molar-refractivity contribution in [2.75, 3.05) is 13.1 Å². The number of aliphatic carboxylic acids is 2. The van der Waals surface area contributed by atoms with Gasteiger partial charge >= 0.3 is 11.9 Å². The highest BCUT2D eigenvalue weighted by molar-refractivity contribution is 5.99. The van der Waals surface area contributed by atoms with E-state index < -0.39 is 170 Å². The van der Waals surface area contributed by atoms with Crippen molar-refractivity contribution in [2.24, 2.45) is 17.6 Å². The van der Waals surface area contributed by atoms with Crippen LogP contribution in [0.2, 0.25) is 0 Å². The number of amides is 10. The summed E-state index contributed by atoms with van der Waals surface area (Å²) in [5.41, 5.74) is 6.46. The van der Waals surface area contributed by atoms with Gasteiger partial charge in [-0.05, 0) is 49.1 Å². The van der Waals surface area contributed by atoms with Gasteiger partial charge in [0.25, 0.3) is 0 Å². The summed E-state index contributed by atoms with van der Waals surface area (Å²) in [6.45, 7) is 7.73. The van der Waals surface area contributed by atoms with Gasteiger partial charge in [-0.25, -0.2) is 4.39 Å². The van der Waals surface area contributed by atoms with E-state index in [0.717, 1.165) is 13.8 Å². The summed E-state index contributed by atoms with van der Waals surface area (Å²) in [7, 11) is 0. The molecular weight excluding hydrogens is 1010 g/mol. The Morgan fingerprint density at radius 2 is 1.19 bits per heavy atom. The summed E-state index contributed by atoms with van der Waals surface area (Å²) < 4.78 is 15.1. The quantitative estimate of drug-likeness (QED) is 0.0418. The van der Waals surface area contributed by atoms with Crippen molar-refractivity contribution in [1.29, 1.82) is 0 Å². The number of carbonyl (C=O) groups is 12. The SMILES string of the molecule is CC(=O)N[C@@H](CC(C)C)C(=O)N[C@@H](CC(=O)O)C(=O)N1C[C@@H](F)C[C@H]1C(=O)N[C@@H](CCC(=O)O)C(=O)N[C@H](C(=O)NCC(=O)N[C@H](C(=O)N[C@@H](Cc1ccccc1)C(=O)N[C@@H](CC(C)C)C(N)=O)c1ccccc1)[C@@H](C)O. The van der Waals surface area contributed by atoms with Gasteiger partial charge in [0, 0.05) is 26.2 Å². The first-order valence-corrected chi connectivity index (χ1v) is 25.0. The maximum Gasteiger partial charge on any atom is 0.305 e. The largest absolute Gasteiger partial charge is 0.481 e. The van der Waals surface area contributed by atoms with Crippen LogP contribution in [0.3, 0.4) is 0 Å². The van der Waals surface area contributed by atoms with Gasteiger partial charge in [0.15, 0.2) is 0 Å². The molecule has 1 saturated heterocycles. The Morgan fingerprint density at radius 3 is 1.74 bits per heavy atom. The number of halogens is 1. The van der Waals surface area contributed by atoms with E-state index in [4.69, 9.17) is 5.73 Å². The first-order chi connectivity index (χ1) is 36.2. The molecule has 1 aliphatic heterocycles. The Hall–Kier alpha value is -8.03. The number of hydrogen-bond acceptors (Lipinski definition) is 13. The lowest BCUT2D eigenvalue weighted by Crippen LogP contribution is -2.60. The number of aliphatic hydroxyl groups is 1. The Kier molecular flexibility index (Phi) is 25.1. The number of nitrogens with two attached hydrogens (primary N) is 1. The minimum absolute atomic E-state index is 0.0400. The van der Waals surface area contributed by atoms with Gasteiger partial charge in [0.1, 0.15) is 54.5 Å². The van der Waals surface area contributed by atoms with E-state index in [1.54, 1.807) is 62.4 Å². The van der Waals surface area contributed by atoms with Crippen LogP contribution in [0.4, 0.5) is 4.39 Å². The Labute approximate surface area is 444 Å². The number of nitrogens with zero attached hydrogens (tertiary/aromatic N) is 1. The number of carboxylic acids is 2. The fourth-order valence-electron chi connectivity index (χ4n) is 8.28. The van der Waals surface area contributed by atoms with Crippen molar-refractivity contribution < 1.29 is 77.2 Å². The number of carbonyl (C=O) groups excluding carboxylic acids is 10. The average molecular weight is 1080 g/mol. The van der Waals surface area contributed by atoms with Crippen molar-refractivity contribution in [1.82, 2.24) is 47.4 Å². The number of rotatable bonds is 30. The van der Waals surface area contributed by atoms with Crippen LogP contribution in [0.1, 0.15) is 97.2 Å². The number of hydrogen-bond donors (Lipinski definition) is 12. The molecule has 3 rings (SSSR count). The predicted molar refractivity (Wildman–Crippen MR) is 272 cm³/mol. The summed E-state index contributed by atoms with van der Waals surface area (Å²) in [6.07, 6.45) is -6.44. The number of likely N-dealkylation sites (tertiary alicyclic amines) is 1. The molecule has 10 amide bonds. The number of nitrogens with one attached hydrogen (secondary N) is 8. The number of alkyl halides is 1. The molecule has 0 saturated carbocycles. The molecule has 10 atom stereocenters. The van der Waals surface area contributed by atoms with Crippen molar-refractivity contribution in [3.8, 4) is 0 Å². The van der Waals surface area contributed by atoms with Gasteiger partial charge in [0.2, 0.25) is 59.1 Å². The smallest absolute Gasteiger partial charge is 0.305 e. The summed E-state index contributed by atoms with van der Waals surface area (Å²) in [5.74, 6) is -12.9. The molecule has 13 N–H and O–H groups in total. The van der Waals surface area contributed by atoms with Crippen molar-refractivity contribution in [3.05, 3.63) is 71.8 Å². The number of benzene rings is 2. The molecule has 0 bridgehead atoms. The molecule has 2 aromatic carbocycles. The zero-order valence-electron chi connectivity index (χ0n) is 43.7. The maximum absolute atomic E-state index is 15.1. The van der Waals surface area contributed by atoms with Crippen LogP contribution in [-0.4, -0.2) is 159 Å². The molecule has 422 valence electrons. The first-order valence-electron chi connectivity index (χ1n) is 25.0. The van der Waals surface area contributed by atoms with E-state index in [-0.39, 0.29) is 36.7 Å². The predicted octanol–water partition coefficient (Wildman–Crippen LogP) is -1.63. The number of primary amides is 1. The number of aliphatic hydroxyl groups excluding tert-OH is 1. The topological polar surface area (TPSA) is 391 Å². The van der Waals surface area contributed by atoms with Crippen LogP contribution in [0, 0.1) is 11.8 Å². The highest BCUT2D eigenvalue weighted by atomic mass is 19.1. The molecule has 0 aromatic heterocycles. The van der Waals surface area contributed by atoms with Crippen LogP contribution in [0.5, 0.6) is 0 Å². The lowest BCUT2D eigenvalue weighted by Gasteiger charge is -2.30. The highest BCUT2D eigenvalue weighted by Gasteiger charge is 2.44. The van der Waals surface area contributed by atoms with E-state index in [1.807, 2.05) is 13.8 Å². The normalized spacial score (nSPS) is 17.1. The van der Waals surface area contributed by atoms with Crippen LogP contribution in [0.15, 0.2) is 60.7 Å². The van der Waals surface area contributed by atoms with E-state index in [9.17, 15) is 72.9 Å². The summed E-state index contributed by atoms with van der Waals surface area (Å²) >= 11 is 0. The molecule has 1 fully saturated rings. The van der Waals surface area contributed by atoms with Crippen LogP contribution >= 0.6 is 0 Å². The molecule has 0 unspecified atom stereocenters. The van der Waals surface area contributed by atoms with Gasteiger partial charge < -0.3 is 68.5 Å². The molecular formula is C51H71FN10O15. The van der Waals surface area contributed by atoms with Gasteiger partial charge in [-0.2, -0.15) is 0 Å². The average Bonchev–Trinajstić information content (AvgIpc) is 3.75. The maximum atomic E-state index is 15.1. The Bertz CT molecular complexity index is 2430. The second-order valence-corrected chi connectivity index (χ2v) is 19.6. The molecule has 2 aromatic rings.